The Morgan fingerprint density at radius 1 is 1.10 bits per heavy atom. The summed E-state index contributed by atoms with van der Waals surface area (Å²) in [4.78, 5) is 51.4. The fourth-order valence-electron chi connectivity index (χ4n) is 2.77. The Bertz CT molecular complexity index is 868. The van der Waals surface area contributed by atoms with Gasteiger partial charge in [0.25, 0.3) is 5.91 Å². The first-order valence-electron chi connectivity index (χ1n) is 11.0. The molecule has 12 nitrogen and oxygen atoms in total. The molecular weight excluding hydrogens is 400 g/mol. The van der Waals surface area contributed by atoms with E-state index in [1.807, 2.05) is 0 Å². The Labute approximate surface area is 177 Å². The van der Waals surface area contributed by atoms with Crippen molar-refractivity contribution in [1.29, 1.82) is 0 Å². The van der Waals surface area contributed by atoms with Gasteiger partial charge < -0.3 is 30.4 Å². The first-order chi connectivity index (χ1) is 15.7. The van der Waals surface area contributed by atoms with Crippen molar-refractivity contribution in [2.45, 2.75) is 64.5 Å². The lowest BCUT2D eigenvalue weighted by Gasteiger charge is -2.24. The van der Waals surface area contributed by atoms with Crippen LogP contribution in [0.5, 0.6) is 0 Å². The minimum Gasteiger partial charge on any atom is -0.463 e. The molecule has 0 radical (unpaired) electrons. The van der Waals surface area contributed by atoms with E-state index in [4.69, 9.17) is 34.5 Å². The summed E-state index contributed by atoms with van der Waals surface area (Å²) in [5.74, 6) is -3.36. The largest absolute Gasteiger partial charge is 0.463 e. The number of rotatable bonds is 9. The number of hydrogen-bond donors (Lipinski definition) is 2. The van der Waals surface area contributed by atoms with Gasteiger partial charge in [-0.2, -0.15) is 0 Å². The van der Waals surface area contributed by atoms with Gasteiger partial charge in [0.15, 0.2) is 24.1 Å². The van der Waals surface area contributed by atoms with E-state index in [-0.39, 0.29) is 51.5 Å². The second kappa shape index (κ2) is 10.1. The molecule has 0 aliphatic carbocycles. The fraction of sp³-hybridized carbons (Fsp3) is 0.611. The Morgan fingerprint density at radius 3 is 2.27 bits per heavy atom. The Kier molecular flexibility index (Phi) is 6.32. The summed E-state index contributed by atoms with van der Waals surface area (Å²) in [5, 5.41) is 0. The quantitative estimate of drug-likeness (QED) is 0.403. The van der Waals surface area contributed by atoms with Gasteiger partial charge in [0.05, 0.1) is 6.33 Å². The molecule has 166 valence electrons. The number of carbonyl (C=O) groups is 4. The average molecular weight is 429 g/mol. The monoisotopic (exact) mass is 429 g/mol. The molecule has 1 aromatic rings. The normalized spacial score (nSPS) is 24.3. The van der Waals surface area contributed by atoms with Crippen LogP contribution in [0, 0.1) is 0 Å². The van der Waals surface area contributed by atoms with E-state index < -0.39 is 55.0 Å². The summed E-state index contributed by atoms with van der Waals surface area (Å²) >= 11 is 0. The van der Waals surface area contributed by atoms with Gasteiger partial charge in [-0.1, -0.05) is 20.7 Å². The van der Waals surface area contributed by atoms with Crippen molar-refractivity contribution in [3.8, 4) is 0 Å². The molecule has 0 bridgehead atoms. The molecule has 1 aliphatic rings. The Hall–Kier alpha value is -3.15. The highest BCUT2D eigenvalue weighted by Crippen LogP contribution is 2.36. The minimum atomic E-state index is -1.31. The molecular formula is C18H26N4O8. The number of hydrogen-bond acceptors (Lipinski definition) is 10. The summed E-state index contributed by atoms with van der Waals surface area (Å²) in [6.07, 6.45) is -4.49. The lowest BCUT2D eigenvalue weighted by molar-refractivity contribution is -0.169. The lowest BCUT2D eigenvalue weighted by atomic mass is 10.1. The second-order valence-electron chi connectivity index (χ2n) is 6.16. The van der Waals surface area contributed by atoms with Crippen LogP contribution in [0.2, 0.25) is 0 Å². The summed E-state index contributed by atoms with van der Waals surface area (Å²) < 4.78 is 44.4. The van der Waals surface area contributed by atoms with Crippen LogP contribution in [-0.4, -0.2) is 58.3 Å². The van der Waals surface area contributed by atoms with Gasteiger partial charge >= 0.3 is 17.9 Å². The Morgan fingerprint density at radius 2 is 1.70 bits per heavy atom. The highest BCUT2D eigenvalue weighted by molar-refractivity contribution is 5.95. The molecule has 1 saturated heterocycles. The van der Waals surface area contributed by atoms with Crippen molar-refractivity contribution in [3.63, 3.8) is 0 Å². The lowest BCUT2D eigenvalue weighted by Crippen LogP contribution is -2.41. The van der Waals surface area contributed by atoms with E-state index in [0.717, 1.165) is 10.9 Å². The number of nitrogens with two attached hydrogens (primary N) is 2. The number of anilines is 1. The molecule has 1 fully saturated rings. The zero-order valence-corrected chi connectivity index (χ0v) is 16.2. The van der Waals surface area contributed by atoms with E-state index >= 15 is 0 Å². The van der Waals surface area contributed by atoms with Crippen molar-refractivity contribution >= 4 is 29.6 Å². The first kappa shape index (κ1) is 18.9. The highest BCUT2D eigenvalue weighted by Gasteiger charge is 2.51. The SMILES string of the molecule is [2H]CCC(=O)OC[C@H]1OC(n2cnc(C(N)=O)c2N)[C@H](OC(=O)CC[2H])[C@@H]1OC(=O)CC[2H]. The van der Waals surface area contributed by atoms with Crippen LogP contribution in [0.25, 0.3) is 0 Å². The number of nitrogen functional groups attached to an aromatic ring is 1. The molecule has 30 heavy (non-hydrogen) atoms. The van der Waals surface area contributed by atoms with Gasteiger partial charge in [0.2, 0.25) is 0 Å². The maximum atomic E-state index is 12.2. The molecule has 0 saturated carbocycles. The van der Waals surface area contributed by atoms with Crippen molar-refractivity contribution in [2.24, 2.45) is 5.73 Å². The van der Waals surface area contributed by atoms with Crippen LogP contribution >= 0.6 is 0 Å². The van der Waals surface area contributed by atoms with Crippen LogP contribution < -0.4 is 11.5 Å². The molecule has 1 aromatic heterocycles. The zero-order valence-electron chi connectivity index (χ0n) is 19.2. The van der Waals surface area contributed by atoms with Crippen molar-refractivity contribution in [1.82, 2.24) is 9.55 Å². The molecule has 0 aromatic carbocycles. The van der Waals surface area contributed by atoms with Gasteiger partial charge in [-0.05, 0) is 0 Å². The first-order valence-corrected chi connectivity index (χ1v) is 8.93. The molecule has 1 unspecified atom stereocenters. The van der Waals surface area contributed by atoms with Crippen molar-refractivity contribution in [3.05, 3.63) is 12.0 Å². The molecule has 2 rings (SSSR count). The molecule has 4 atom stereocenters. The van der Waals surface area contributed by atoms with Crippen molar-refractivity contribution in [2.75, 3.05) is 12.3 Å². The third-order valence-electron chi connectivity index (χ3n) is 4.18. The van der Waals surface area contributed by atoms with Gasteiger partial charge in [-0.15, -0.1) is 0 Å². The van der Waals surface area contributed by atoms with E-state index in [2.05, 4.69) is 4.98 Å². The second-order valence-corrected chi connectivity index (χ2v) is 6.16. The van der Waals surface area contributed by atoms with E-state index in [9.17, 15) is 19.2 Å². The number of imidazole rings is 1. The Balaban J connectivity index is 2.40. The van der Waals surface area contributed by atoms with Crippen LogP contribution in [0.15, 0.2) is 6.33 Å². The van der Waals surface area contributed by atoms with Crippen molar-refractivity contribution < 1.29 is 42.2 Å². The van der Waals surface area contributed by atoms with E-state index in [1.165, 1.54) is 0 Å². The fourth-order valence-corrected chi connectivity index (χ4v) is 2.77. The third kappa shape index (κ3) is 5.06. The molecule has 12 heteroatoms. The molecule has 2 heterocycles. The molecule has 1 aliphatic heterocycles. The minimum absolute atomic E-state index is 0.169. The van der Waals surface area contributed by atoms with E-state index in [1.54, 1.807) is 0 Å². The molecule has 4 N–H and O–H groups in total. The van der Waals surface area contributed by atoms with Gasteiger partial charge in [0, 0.05) is 23.4 Å². The van der Waals surface area contributed by atoms with Crippen LogP contribution in [-0.2, 0) is 33.3 Å². The number of esters is 3. The van der Waals surface area contributed by atoms with Crippen LogP contribution in [0.1, 0.15) is 60.8 Å². The maximum Gasteiger partial charge on any atom is 0.306 e. The third-order valence-corrected chi connectivity index (χ3v) is 4.18. The number of amides is 1. The topological polar surface area (TPSA) is 175 Å². The predicted octanol–water partition coefficient (Wildman–Crippen LogP) is 0.0584. The summed E-state index contributed by atoms with van der Waals surface area (Å²) in [7, 11) is 0. The number of ether oxygens (including phenoxy) is 4. The average Bonchev–Trinajstić information content (AvgIpc) is 3.27. The summed E-state index contributed by atoms with van der Waals surface area (Å²) in [5.41, 5.74) is 10.9. The zero-order chi connectivity index (χ0) is 24.5. The predicted molar refractivity (Wildman–Crippen MR) is 101 cm³/mol. The maximum absolute atomic E-state index is 12.2. The number of aromatic nitrogens is 2. The molecule has 1 amide bonds. The highest BCUT2D eigenvalue weighted by atomic mass is 16.7. The molecule has 0 spiro atoms. The van der Waals surface area contributed by atoms with E-state index in [0.29, 0.717) is 0 Å². The standard InChI is InChI=1S/C18H26N4O8/c1-4-10(23)27-7-9-14(29-11(24)5-2)15(30-12(25)6-3)18(28-9)22-8-21-13(16(22)19)17(20)26/h8-9,14-15,18H,4-7,19H2,1-3H3,(H2,20,26)/t9-,14-,15-,18?/m1/s1/i1D,2D,3D. The summed E-state index contributed by atoms with van der Waals surface area (Å²) in [6.45, 7) is -1.10. The van der Waals surface area contributed by atoms with Gasteiger partial charge in [-0.3, -0.25) is 23.7 Å². The smallest absolute Gasteiger partial charge is 0.306 e. The van der Waals surface area contributed by atoms with Gasteiger partial charge in [-0.25, -0.2) is 4.98 Å². The van der Waals surface area contributed by atoms with Gasteiger partial charge in [0.1, 0.15) is 18.5 Å². The number of nitrogens with zero attached hydrogens (tertiary/aromatic N) is 2. The number of primary amides is 1. The van der Waals surface area contributed by atoms with Crippen LogP contribution in [0.3, 0.4) is 0 Å². The van der Waals surface area contributed by atoms with Crippen LogP contribution in [0.4, 0.5) is 5.82 Å². The number of carbonyl (C=O) groups excluding carboxylic acids is 4. The summed E-state index contributed by atoms with van der Waals surface area (Å²) in [6, 6.07) is 0.